The Balaban J connectivity index is 1.29. The Morgan fingerprint density at radius 1 is 1.15 bits per heavy atom. The van der Waals surface area contributed by atoms with E-state index in [9.17, 15) is 0 Å². The molecule has 138 valence electrons. The van der Waals surface area contributed by atoms with Gasteiger partial charge in [0.25, 0.3) is 0 Å². The Labute approximate surface area is 159 Å². The van der Waals surface area contributed by atoms with E-state index in [1.54, 1.807) is 0 Å². The number of rotatable bonds is 4. The number of hydrogen-bond donors (Lipinski definition) is 0. The van der Waals surface area contributed by atoms with Crippen LogP contribution in [-0.2, 0) is 11.3 Å². The number of morpholine rings is 1. The van der Waals surface area contributed by atoms with Crippen molar-refractivity contribution in [3.8, 4) is 5.75 Å². The van der Waals surface area contributed by atoms with Crippen LogP contribution in [0.1, 0.15) is 42.4 Å². The molecule has 4 aliphatic rings. The quantitative estimate of drug-likeness (QED) is 0.838. The second kappa shape index (κ2) is 5.80. The van der Waals surface area contributed by atoms with Crippen LogP contribution in [0.2, 0.25) is 0 Å². The van der Waals surface area contributed by atoms with Crippen LogP contribution in [0, 0.1) is 0 Å². The van der Waals surface area contributed by atoms with E-state index in [0.29, 0.717) is 6.10 Å². The zero-order valence-corrected chi connectivity index (χ0v) is 15.4. The van der Waals surface area contributed by atoms with Crippen molar-refractivity contribution in [2.24, 2.45) is 4.99 Å². The van der Waals surface area contributed by atoms with Gasteiger partial charge in [-0.3, -0.25) is 4.99 Å². The molecule has 3 heterocycles. The molecule has 0 N–H and O–H groups in total. The number of fused-ring (bicyclic) bond motifs is 1. The highest BCUT2D eigenvalue weighted by Gasteiger charge is 2.47. The first-order valence-corrected chi connectivity index (χ1v) is 9.98. The Morgan fingerprint density at radius 3 is 2.93 bits per heavy atom. The number of hydrogen-bond acceptors (Lipinski definition) is 5. The van der Waals surface area contributed by atoms with Gasteiger partial charge < -0.3 is 14.4 Å². The molecule has 1 aromatic heterocycles. The van der Waals surface area contributed by atoms with E-state index in [1.807, 2.05) is 6.20 Å². The summed E-state index contributed by atoms with van der Waals surface area (Å²) in [6.07, 6.45) is 7.01. The van der Waals surface area contributed by atoms with E-state index in [-0.39, 0.29) is 5.60 Å². The predicted molar refractivity (Wildman–Crippen MR) is 104 cm³/mol. The van der Waals surface area contributed by atoms with Crippen molar-refractivity contribution in [3.63, 3.8) is 0 Å². The molecule has 0 atom stereocenters. The molecule has 6 rings (SSSR count). The van der Waals surface area contributed by atoms with Gasteiger partial charge >= 0.3 is 0 Å². The van der Waals surface area contributed by atoms with Crippen LogP contribution in [0.3, 0.4) is 0 Å². The maximum Gasteiger partial charge on any atom is 0.129 e. The van der Waals surface area contributed by atoms with Crippen LogP contribution in [0.15, 0.2) is 41.5 Å². The van der Waals surface area contributed by atoms with Crippen LogP contribution >= 0.6 is 0 Å². The molecule has 0 radical (unpaired) electrons. The maximum absolute atomic E-state index is 5.99. The van der Waals surface area contributed by atoms with Crippen molar-refractivity contribution in [2.75, 3.05) is 24.6 Å². The number of nitrogens with zero attached hydrogens (tertiary/aromatic N) is 3. The fourth-order valence-corrected chi connectivity index (χ4v) is 4.08. The molecule has 2 aliphatic carbocycles. The minimum Gasteiger partial charge on any atom is -0.490 e. The largest absolute Gasteiger partial charge is 0.490 e. The van der Waals surface area contributed by atoms with Crippen molar-refractivity contribution in [1.82, 2.24) is 4.98 Å². The summed E-state index contributed by atoms with van der Waals surface area (Å²) in [5.41, 5.74) is 4.77. The lowest BCUT2D eigenvalue weighted by atomic mass is 10.0. The van der Waals surface area contributed by atoms with Crippen LogP contribution in [-0.4, -0.2) is 42.1 Å². The first kappa shape index (κ1) is 15.6. The molecule has 2 saturated carbocycles. The highest BCUT2D eigenvalue weighted by atomic mass is 16.5. The zero-order valence-electron chi connectivity index (χ0n) is 15.4. The van der Waals surface area contributed by atoms with Gasteiger partial charge in [0.2, 0.25) is 0 Å². The standard InChI is InChI=1S/C22H23N3O2/c1-2-18(27-17-3-4-17)12-19-16(1)13-24-21(19)15-5-8-23-20(11-15)25-9-10-26-22(14-25)6-7-22/h1-2,5,8,11-12,17H,3-4,6-7,9-10,13-14H2. The van der Waals surface area contributed by atoms with Crippen LogP contribution < -0.4 is 9.64 Å². The van der Waals surface area contributed by atoms with Crippen molar-refractivity contribution in [2.45, 2.75) is 43.9 Å². The van der Waals surface area contributed by atoms with Gasteiger partial charge in [-0.2, -0.15) is 0 Å². The van der Waals surface area contributed by atoms with Gasteiger partial charge in [-0.25, -0.2) is 4.98 Å². The SMILES string of the molecule is c1cc(C2=NCc3ccc(OC4CC4)cc32)cc(N2CCOC3(CC3)C2)n1. The van der Waals surface area contributed by atoms with E-state index in [4.69, 9.17) is 14.5 Å². The van der Waals surface area contributed by atoms with Crippen LogP contribution in [0.5, 0.6) is 5.75 Å². The number of pyridine rings is 1. The molecule has 1 saturated heterocycles. The molecule has 5 heteroatoms. The molecule has 2 aromatic rings. The number of aliphatic imine (C=N–C) groups is 1. The highest BCUT2D eigenvalue weighted by Crippen LogP contribution is 2.42. The molecule has 0 amide bonds. The van der Waals surface area contributed by atoms with Gasteiger partial charge in [-0.15, -0.1) is 0 Å². The summed E-state index contributed by atoms with van der Waals surface area (Å²) in [5, 5.41) is 0. The Kier molecular flexibility index (Phi) is 3.36. The molecule has 3 fully saturated rings. The monoisotopic (exact) mass is 361 g/mol. The first-order valence-electron chi connectivity index (χ1n) is 9.98. The summed E-state index contributed by atoms with van der Waals surface area (Å²) >= 11 is 0. The van der Waals surface area contributed by atoms with Crippen LogP contribution in [0.4, 0.5) is 5.82 Å². The van der Waals surface area contributed by atoms with Gasteiger partial charge in [-0.1, -0.05) is 6.07 Å². The van der Waals surface area contributed by atoms with Gasteiger partial charge in [0.05, 0.1) is 30.6 Å². The third kappa shape index (κ3) is 2.90. The number of ether oxygens (including phenoxy) is 2. The smallest absolute Gasteiger partial charge is 0.129 e. The van der Waals surface area contributed by atoms with Crippen LogP contribution in [0.25, 0.3) is 0 Å². The van der Waals surface area contributed by atoms with Crippen molar-refractivity contribution >= 4 is 11.5 Å². The first-order chi connectivity index (χ1) is 13.3. The molecule has 5 nitrogen and oxygen atoms in total. The zero-order chi connectivity index (χ0) is 17.8. The van der Waals surface area contributed by atoms with E-state index in [0.717, 1.165) is 49.1 Å². The lowest BCUT2D eigenvalue weighted by molar-refractivity contribution is 0.0204. The fourth-order valence-electron chi connectivity index (χ4n) is 4.08. The van der Waals surface area contributed by atoms with Gasteiger partial charge in [-0.05, 0) is 55.5 Å². The van der Waals surface area contributed by atoms with Crippen molar-refractivity contribution in [3.05, 3.63) is 53.2 Å². The number of aromatic nitrogens is 1. The molecule has 1 aromatic carbocycles. The predicted octanol–water partition coefficient (Wildman–Crippen LogP) is 3.34. The average Bonchev–Trinajstić information content (AvgIpc) is 3.62. The molecule has 0 unspecified atom stereocenters. The van der Waals surface area contributed by atoms with E-state index >= 15 is 0 Å². The molecular formula is C22H23N3O2. The Hall–Kier alpha value is -2.40. The Bertz CT molecular complexity index is 931. The third-order valence-electron chi connectivity index (χ3n) is 5.97. The number of anilines is 1. The lowest BCUT2D eigenvalue weighted by Gasteiger charge is -2.34. The summed E-state index contributed by atoms with van der Waals surface area (Å²) in [5.74, 6) is 1.99. The molecule has 27 heavy (non-hydrogen) atoms. The maximum atomic E-state index is 5.99. The topological polar surface area (TPSA) is 47.0 Å². The minimum absolute atomic E-state index is 0.0997. The molecule has 2 aliphatic heterocycles. The average molecular weight is 361 g/mol. The van der Waals surface area contributed by atoms with Crippen molar-refractivity contribution < 1.29 is 9.47 Å². The van der Waals surface area contributed by atoms with E-state index in [1.165, 1.54) is 36.8 Å². The minimum atomic E-state index is 0.0997. The number of benzene rings is 1. The summed E-state index contributed by atoms with van der Waals surface area (Å²) in [7, 11) is 0. The van der Waals surface area contributed by atoms with Gasteiger partial charge in [0, 0.05) is 30.4 Å². The lowest BCUT2D eigenvalue weighted by Crippen LogP contribution is -2.44. The summed E-state index contributed by atoms with van der Waals surface area (Å²) in [4.78, 5) is 11.8. The third-order valence-corrected chi connectivity index (χ3v) is 5.97. The summed E-state index contributed by atoms with van der Waals surface area (Å²) in [6.45, 7) is 3.39. The summed E-state index contributed by atoms with van der Waals surface area (Å²) in [6, 6.07) is 10.7. The van der Waals surface area contributed by atoms with Crippen molar-refractivity contribution in [1.29, 1.82) is 0 Å². The fraction of sp³-hybridized carbons (Fsp3) is 0.455. The normalized spacial score (nSPS) is 22.5. The molecular weight excluding hydrogens is 338 g/mol. The molecule has 1 spiro atoms. The summed E-state index contributed by atoms with van der Waals surface area (Å²) < 4.78 is 11.9. The van der Waals surface area contributed by atoms with Gasteiger partial charge in [0.15, 0.2) is 0 Å². The van der Waals surface area contributed by atoms with Gasteiger partial charge in [0.1, 0.15) is 11.6 Å². The molecule has 0 bridgehead atoms. The second-order valence-corrected chi connectivity index (χ2v) is 8.16. The second-order valence-electron chi connectivity index (χ2n) is 8.16. The highest BCUT2D eigenvalue weighted by molar-refractivity contribution is 6.15. The Morgan fingerprint density at radius 2 is 2.07 bits per heavy atom. The van der Waals surface area contributed by atoms with E-state index < -0.39 is 0 Å². The van der Waals surface area contributed by atoms with E-state index in [2.05, 4.69) is 40.2 Å².